The fraction of sp³-hybridized carbons (Fsp3) is 0.333. The minimum atomic E-state index is -0.262. The maximum absolute atomic E-state index is 12.4. The molecule has 1 aromatic carbocycles. The second-order valence-corrected chi connectivity index (χ2v) is 6.62. The SMILES string of the molecule is Cc1c(C(=O)NCC2(CO)CC2)nnn1-c1cccc2ncccc12. The van der Waals surface area contributed by atoms with Gasteiger partial charge in [-0.1, -0.05) is 11.3 Å². The van der Waals surface area contributed by atoms with Gasteiger partial charge in [-0.15, -0.1) is 5.10 Å². The first-order valence-electron chi connectivity index (χ1n) is 8.29. The standard InChI is InChI=1S/C18H19N5O2/c1-12-16(17(25)20-10-18(11-24)7-8-18)21-22-23(12)15-6-2-5-14-13(15)4-3-9-19-14/h2-6,9,24H,7-8,10-11H2,1H3,(H,20,25). The molecule has 0 spiro atoms. The zero-order valence-electron chi connectivity index (χ0n) is 13.9. The van der Waals surface area contributed by atoms with Gasteiger partial charge in [0.25, 0.3) is 5.91 Å². The number of hydrogen-bond acceptors (Lipinski definition) is 5. The quantitative estimate of drug-likeness (QED) is 0.738. The Balaban J connectivity index is 1.63. The third-order valence-electron chi connectivity index (χ3n) is 4.88. The average molecular weight is 337 g/mol. The largest absolute Gasteiger partial charge is 0.396 e. The molecule has 0 unspecified atom stereocenters. The van der Waals surface area contributed by atoms with Crippen LogP contribution in [0.3, 0.4) is 0 Å². The lowest BCUT2D eigenvalue weighted by molar-refractivity contribution is 0.0929. The van der Waals surface area contributed by atoms with Gasteiger partial charge in [0.05, 0.1) is 23.5 Å². The zero-order valence-corrected chi connectivity index (χ0v) is 13.9. The number of aromatic nitrogens is 4. The number of nitrogens with one attached hydrogen (secondary N) is 1. The Morgan fingerprint density at radius 2 is 2.16 bits per heavy atom. The van der Waals surface area contributed by atoms with Crippen molar-refractivity contribution >= 4 is 16.8 Å². The van der Waals surface area contributed by atoms with Crippen LogP contribution in [0.2, 0.25) is 0 Å². The molecule has 7 nitrogen and oxygen atoms in total. The fourth-order valence-corrected chi connectivity index (χ4v) is 2.96. The van der Waals surface area contributed by atoms with E-state index in [0.717, 1.165) is 29.4 Å². The number of nitrogens with zero attached hydrogens (tertiary/aromatic N) is 4. The van der Waals surface area contributed by atoms with Crippen molar-refractivity contribution < 1.29 is 9.90 Å². The summed E-state index contributed by atoms with van der Waals surface area (Å²) in [5, 5.41) is 21.4. The number of amides is 1. The van der Waals surface area contributed by atoms with Crippen LogP contribution in [0.4, 0.5) is 0 Å². The van der Waals surface area contributed by atoms with Crippen molar-refractivity contribution in [1.29, 1.82) is 0 Å². The summed E-state index contributed by atoms with van der Waals surface area (Å²) in [7, 11) is 0. The molecule has 1 fully saturated rings. The molecule has 1 aliphatic rings. The normalized spacial score (nSPS) is 15.3. The highest BCUT2D eigenvalue weighted by atomic mass is 16.3. The highest BCUT2D eigenvalue weighted by molar-refractivity contribution is 5.94. The van der Waals surface area contributed by atoms with E-state index in [0.29, 0.717) is 17.9 Å². The minimum Gasteiger partial charge on any atom is -0.396 e. The number of fused-ring (bicyclic) bond motifs is 1. The van der Waals surface area contributed by atoms with Crippen molar-refractivity contribution in [3.63, 3.8) is 0 Å². The van der Waals surface area contributed by atoms with Crippen LogP contribution in [0, 0.1) is 12.3 Å². The number of carbonyl (C=O) groups excluding carboxylic acids is 1. The van der Waals surface area contributed by atoms with Crippen molar-refractivity contribution in [3.8, 4) is 5.69 Å². The van der Waals surface area contributed by atoms with Gasteiger partial charge in [0.2, 0.25) is 0 Å². The van der Waals surface area contributed by atoms with Crippen LogP contribution >= 0.6 is 0 Å². The van der Waals surface area contributed by atoms with Gasteiger partial charge in [-0.3, -0.25) is 9.78 Å². The summed E-state index contributed by atoms with van der Waals surface area (Å²) in [4.78, 5) is 16.8. The number of rotatable bonds is 5. The first kappa shape index (κ1) is 15.7. The monoisotopic (exact) mass is 337 g/mol. The molecule has 1 aliphatic carbocycles. The minimum absolute atomic E-state index is 0.0992. The molecule has 1 amide bonds. The topological polar surface area (TPSA) is 92.9 Å². The maximum atomic E-state index is 12.4. The number of pyridine rings is 1. The van der Waals surface area contributed by atoms with Gasteiger partial charge >= 0.3 is 0 Å². The van der Waals surface area contributed by atoms with E-state index in [4.69, 9.17) is 0 Å². The second-order valence-electron chi connectivity index (χ2n) is 6.62. The number of aliphatic hydroxyl groups is 1. The van der Waals surface area contributed by atoms with E-state index >= 15 is 0 Å². The van der Waals surface area contributed by atoms with Gasteiger partial charge in [0.1, 0.15) is 0 Å². The average Bonchev–Trinajstić information content (AvgIpc) is 3.34. The lowest BCUT2D eigenvalue weighted by atomic mass is 10.1. The molecule has 7 heteroatoms. The van der Waals surface area contributed by atoms with Crippen LogP contribution in [0.15, 0.2) is 36.5 Å². The third kappa shape index (κ3) is 2.76. The molecule has 2 N–H and O–H groups in total. The highest BCUT2D eigenvalue weighted by Gasteiger charge is 2.42. The molecule has 2 heterocycles. The van der Waals surface area contributed by atoms with E-state index in [1.165, 1.54) is 0 Å². The Hall–Kier alpha value is -2.80. The first-order valence-corrected chi connectivity index (χ1v) is 8.29. The molecular formula is C18H19N5O2. The van der Waals surface area contributed by atoms with Gasteiger partial charge in [-0.05, 0) is 44.0 Å². The van der Waals surface area contributed by atoms with E-state index < -0.39 is 0 Å². The van der Waals surface area contributed by atoms with Crippen LogP contribution < -0.4 is 5.32 Å². The van der Waals surface area contributed by atoms with Crippen LogP contribution in [0.5, 0.6) is 0 Å². The Morgan fingerprint density at radius 3 is 2.92 bits per heavy atom. The highest BCUT2D eigenvalue weighted by Crippen LogP contribution is 2.44. The van der Waals surface area contributed by atoms with E-state index in [9.17, 15) is 9.90 Å². The number of benzene rings is 1. The third-order valence-corrected chi connectivity index (χ3v) is 4.88. The van der Waals surface area contributed by atoms with Crippen LogP contribution in [0.1, 0.15) is 29.0 Å². The lowest BCUT2D eigenvalue weighted by Gasteiger charge is -2.12. The summed E-state index contributed by atoms with van der Waals surface area (Å²) in [6.07, 6.45) is 3.63. The first-order chi connectivity index (χ1) is 12.1. The van der Waals surface area contributed by atoms with Gasteiger partial charge in [-0.25, -0.2) is 4.68 Å². The molecule has 3 aromatic rings. The number of carbonyl (C=O) groups is 1. The van der Waals surface area contributed by atoms with Crippen molar-refractivity contribution in [2.24, 2.45) is 5.41 Å². The lowest BCUT2D eigenvalue weighted by Crippen LogP contribution is -2.32. The fourth-order valence-electron chi connectivity index (χ4n) is 2.96. The predicted molar refractivity (Wildman–Crippen MR) is 92.5 cm³/mol. The summed E-state index contributed by atoms with van der Waals surface area (Å²) >= 11 is 0. The predicted octanol–water partition coefficient (Wildman–Crippen LogP) is 1.63. The van der Waals surface area contributed by atoms with Gasteiger partial charge < -0.3 is 10.4 Å². The molecule has 128 valence electrons. The van der Waals surface area contributed by atoms with Crippen molar-refractivity contribution in [2.45, 2.75) is 19.8 Å². The van der Waals surface area contributed by atoms with E-state index in [-0.39, 0.29) is 17.9 Å². The molecule has 2 aromatic heterocycles. The summed E-state index contributed by atoms with van der Waals surface area (Å²) in [6.45, 7) is 2.39. The van der Waals surface area contributed by atoms with Crippen molar-refractivity contribution in [1.82, 2.24) is 25.3 Å². The van der Waals surface area contributed by atoms with Crippen LogP contribution in [-0.2, 0) is 0 Å². The van der Waals surface area contributed by atoms with E-state index in [1.54, 1.807) is 10.9 Å². The smallest absolute Gasteiger partial charge is 0.273 e. The second kappa shape index (κ2) is 5.93. The molecule has 4 rings (SSSR count). The maximum Gasteiger partial charge on any atom is 0.273 e. The Morgan fingerprint density at radius 1 is 1.32 bits per heavy atom. The van der Waals surface area contributed by atoms with Gasteiger partial charge in [-0.2, -0.15) is 0 Å². The summed E-state index contributed by atoms with van der Waals surface area (Å²) in [5.41, 5.74) is 2.53. The Bertz CT molecular complexity index is 940. The van der Waals surface area contributed by atoms with Crippen molar-refractivity contribution in [3.05, 3.63) is 47.9 Å². The van der Waals surface area contributed by atoms with Crippen LogP contribution in [-0.4, -0.2) is 44.1 Å². The Kier molecular flexibility index (Phi) is 3.73. The number of aliphatic hydroxyl groups excluding tert-OH is 1. The summed E-state index contributed by atoms with van der Waals surface area (Å²) in [5.74, 6) is -0.262. The molecule has 0 radical (unpaired) electrons. The molecule has 0 bridgehead atoms. The van der Waals surface area contributed by atoms with E-state index in [2.05, 4.69) is 20.6 Å². The Labute approximate surface area is 144 Å². The summed E-state index contributed by atoms with van der Waals surface area (Å²) < 4.78 is 1.66. The number of hydrogen-bond donors (Lipinski definition) is 2. The molecule has 0 aliphatic heterocycles. The molecule has 1 saturated carbocycles. The zero-order chi connectivity index (χ0) is 17.4. The molecular weight excluding hydrogens is 318 g/mol. The molecule has 25 heavy (non-hydrogen) atoms. The van der Waals surface area contributed by atoms with Gasteiger partial charge in [0.15, 0.2) is 5.69 Å². The van der Waals surface area contributed by atoms with E-state index in [1.807, 2.05) is 37.3 Å². The van der Waals surface area contributed by atoms with Crippen LogP contribution in [0.25, 0.3) is 16.6 Å². The van der Waals surface area contributed by atoms with Crippen molar-refractivity contribution in [2.75, 3.05) is 13.2 Å². The van der Waals surface area contributed by atoms with Gasteiger partial charge in [0, 0.05) is 23.5 Å². The molecule has 0 atom stereocenters. The summed E-state index contributed by atoms with van der Waals surface area (Å²) in [6, 6.07) is 9.61. The molecule has 0 saturated heterocycles.